The van der Waals surface area contributed by atoms with E-state index in [0.29, 0.717) is 21.9 Å². The predicted octanol–water partition coefficient (Wildman–Crippen LogP) is 7.22. The van der Waals surface area contributed by atoms with E-state index in [-0.39, 0.29) is 29.3 Å². The van der Waals surface area contributed by atoms with E-state index in [2.05, 4.69) is 20.9 Å². The number of rotatable bonds is 7. The average Bonchev–Trinajstić information content (AvgIpc) is 3.07. The molecule has 3 rings (SSSR count). The van der Waals surface area contributed by atoms with Gasteiger partial charge in [0.15, 0.2) is 10.4 Å². The first-order valence-corrected chi connectivity index (χ1v) is 11.4. The van der Waals surface area contributed by atoms with Crippen LogP contribution in [0.15, 0.2) is 47.2 Å². The van der Waals surface area contributed by atoms with Crippen molar-refractivity contribution in [3.8, 4) is 0 Å². The van der Waals surface area contributed by atoms with E-state index >= 15 is 0 Å². The molecule has 1 unspecified atom stereocenters. The lowest BCUT2D eigenvalue weighted by Gasteiger charge is -2.23. The van der Waals surface area contributed by atoms with Crippen LogP contribution in [0, 0.1) is 5.82 Å². The first kappa shape index (κ1) is 23.8. The summed E-state index contributed by atoms with van der Waals surface area (Å²) in [6.45, 7) is 6.02. The Hall–Kier alpha value is -1.89. The summed E-state index contributed by atoms with van der Waals surface area (Å²) in [6.07, 6.45) is 0.471. The van der Waals surface area contributed by atoms with Crippen molar-refractivity contribution < 1.29 is 13.9 Å². The van der Waals surface area contributed by atoms with E-state index in [0.717, 1.165) is 11.1 Å². The molecule has 0 radical (unpaired) electrons. The highest BCUT2D eigenvalue weighted by Crippen LogP contribution is 2.36. The zero-order chi connectivity index (χ0) is 22.7. The summed E-state index contributed by atoms with van der Waals surface area (Å²) in [4.78, 5) is 17.3. The van der Waals surface area contributed by atoms with Crippen LogP contribution >= 0.6 is 39.1 Å². The molecule has 31 heavy (non-hydrogen) atoms. The van der Waals surface area contributed by atoms with Gasteiger partial charge >= 0.3 is 5.97 Å². The highest BCUT2D eigenvalue weighted by atomic mass is 79.9. The van der Waals surface area contributed by atoms with Crippen molar-refractivity contribution >= 4 is 45.1 Å². The number of benzene rings is 2. The Bertz CT molecular complexity index is 1080. The molecule has 1 aromatic heterocycles. The molecule has 8 heteroatoms. The van der Waals surface area contributed by atoms with E-state index in [9.17, 15) is 9.18 Å². The highest BCUT2D eigenvalue weighted by molar-refractivity contribution is 9.10. The van der Waals surface area contributed by atoms with Crippen molar-refractivity contribution in [2.75, 3.05) is 6.61 Å². The SMILES string of the molecule is CCOC(=O)c1nc(Br)n(C(C)C)c1C(Cc1ccc(F)c(Cl)c1)c1ccc(Cl)cc1. The molecule has 0 N–H and O–H groups in total. The normalized spacial score (nSPS) is 12.3. The largest absolute Gasteiger partial charge is 0.461 e. The lowest BCUT2D eigenvalue weighted by atomic mass is 9.87. The van der Waals surface area contributed by atoms with Crippen molar-refractivity contribution in [3.05, 3.63) is 85.6 Å². The standard InChI is InChI=1S/C23H22BrCl2FN2O2/c1-4-31-22(30)20-21(29(13(2)3)23(24)28-20)17(15-6-8-16(25)9-7-15)11-14-5-10-19(27)18(26)12-14/h5-10,12-13,17H,4,11H2,1-3H3. The quantitative estimate of drug-likeness (QED) is 0.304. The van der Waals surface area contributed by atoms with Gasteiger partial charge in [-0.3, -0.25) is 0 Å². The second kappa shape index (κ2) is 10.2. The molecule has 0 fully saturated rings. The lowest BCUT2D eigenvalue weighted by Crippen LogP contribution is -2.18. The van der Waals surface area contributed by atoms with Gasteiger partial charge in [0.2, 0.25) is 0 Å². The highest BCUT2D eigenvalue weighted by Gasteiger charge is 2.31. The van der Waals surface area contributed by atoms with Crippen molar-refractivity contribution in [1.29, 1.82) is 0 Å². The lowest BCUT2D eigenvalue weighted by molar-refractivity contribution is 0.0518. The Kier molecular flexibility index (Phi) is 7.78. The van der Waals surface area contributed by atoms with Crippen LogP contribution in [0.4, 0.5) is 4.39 Å². The predicted molar refractivity (Wildman–Crippen MR) is 125 cm³/mol. The average molecular weight is 528 g/mol. The minimum Gasteiger partial charge on any atom is -0.461 e. The molecule has 3 aromatic rings. The summed E-state index contributed by atoms with van der Waals surface area (Å²) in [5.41, 5.74) is 2.72. The molecule has 0 saturated heterocycles. The number of aromatic nitrogens is 2. The first-order valence-electron chi connectivity index (χ1n) is 9.87. The Morgan fingerprint density at radius 1 is 1.19 bits per heavy atom. The maximum absolute atomic E-state index is 13.7. The van der Waals surface area contributed by atoms with Crippen LogP contribution in [0.3, 0.4) is 0 Å². The van der Waals surface area contributed by atoms with E-state index in [1.165, 1.54) is 6.07 Å². The fourth-order valence-electron chi connectivity index (χ4n) is 3.56. The fraction of sp³-hybridized carbons (Fsp3) is 0.304. The molecule has 0 saturated carbocycles. The van der Waals surface area contributed by atoms with Crippen molar-refractivity contribution in [1.82, 2.24) is 9.55 Å². The van der Waals surface area contributed by atoms with Gasteiger partial charge in [-0.2, -0.15) is 0 Å². The number of halogens is 4. The molecule has 0 aliphatic carbocycles. The molecular weight excluding hydrogens is 506 g/mol. The maximum Gasteiger partial charge on any atom is 0.358 e. The molecule has 0 aliphatic rings. The molecule has 0 spiro atoms. The van der Waals surface area contributed by atoms with Gasteiger partial charge in [-0.05, 0) is 78.5 Å². The Labute approximate surface area is 199 Å². The fourth-order valence-corrected chi connectivity index (χ4v) is 4.67. The third-order valence-electron chi connectivity index (χ3n) is 4.92. The van der Waals surface area contributed by atoms with Crippen LogP contribution in [0.5, 0.6) is 0 Å². The van der Waals surface area contributed by atoms with Gasteiger partial charge in [-0.15, -0.1) is 0 Å². The first-order chi connectivity index (χ1) is 14.7. The van der Waals surface area contributed by atoms with Gasteiger partial charge < -0.3 is 9.30 Å². The summed E-state index contributed by atoms with van der Waals surface area (Å²) in [5.74, 6) is -1.25. The number of carbonyl (C=O) groups excluding carboxylic acids is 1. The Morgan fingerprint density at radius 3 is 2.45 bits per heavy atom. The second-order valence-corrected chi connectivity index (χ2v) is 8.91. The molecule has 0 bridgehead atoms. The molecule has 0 aliphatic heterocycles. The third kappa shape index (κ3) is 5.30. The Morgan fingerprint density at radius 2 is 1.87 bits per heavy atom. The molecule has 4 nitrogen and oxygen atoms in total. The molecular formula is C23H22BrCl2FN2O2. The smallest absolute Gasteiger partial charge is 0.358 e. The number of carbonyl (C=O) groups is 1. The number of nitrogens with zero attached hydrogens (tertiary/aromatic N) is 2. The summed E-state index contributed by atoms with van der Waals surface area (Å²) >= 11 is 15.6. The van der Waals surface area contributed by atoms with Crippen LogP contribution in [0.25, 0.3) is 0 Å². The molecule has 164 valence electrons. The molecule has 0 amide bonds. The summed E-state index contributed by atoms with van der Waals surface area (Å²) in [7, 11) is 0. The zero-order valence-electron chi connectivity index (χ0n) is 17.3. The zero-order valence-corrected chi connectivity index (χ0v) is 20.4. The molecule has 1 atom stereocenters. The number of ether oxygens (including phenoxy) is 1. The van der Waals surface area contributed by atoms with E-state index < -0.39 is 11.8 Å². The topological polar surface area (TPSA) is 44.1 Å². The van der Waals surface area contributed by atoms with Crippen LogP contribution in [-0.2, 0) is 11.2 Å². The molecule has 2 aromatic carbocycles. The van der Waals surface area contributed by atoms with Crippen LogP contribution in [0.1, 0.15) is 60.0 Å². The summed E-state index contributed by atoms with van der Waals surface area (Å²) in [5, 5.41) is 0.660. The van der Waals surface area contributed by atoms with Gasteiger partial charge in [0.25, 0.3) is 0 Å². The number of esters is 1. The number of hydrogen-bond acceptors (Lipinski definition) is 3. The summed E-state index contributed by atoms with van der Waals surface area (Å²) in [6, 6.07) is 12.1. The van der Waals surface area contributed by atoms with Crippen LogP contribution in [-0.4, -0.2) is 22.1 Å². The number of imidazole rings is 1. The Balaban J connectivity index is 2.22. The van der Waals surface area contributed by atoms with Crippen molar-refractivity contribution in [2.45, 2.75) is 39.2 Å². The number of hydrogen-bond donors (Lipinski definition) is 0. The van der Waals surface area contributed by atoms with Crippen LogP contribution in [0.2, 0.25) is 10.0 Å². The summed E-state index contributed by atoms with van der Waals surface area (Å²) < 4.78 is 21.5. The second-order valence-electron chi connectivity index (χ2n) is 7.36. The van der Waals surface area contributed by atoms with Gasteiger partial charge in [-0.1, -0.05) is 41.4 Å². The van der Waals surface area contributed by atoms with Gasteiger partial charge in [0.1, 0.15) is 5.82 Å². The minimum absolute atomic E-state index is 0.0201. The monoisotopic (exact) mass is 526 g/mol. The van der Waals surface area contributed by atoms with E-state index in [1.807, 2.05) is 30.5 Å². The van der Waals surface area contributed by atoms with E-state index in [4.69, 9.17) is 27.9 Å². The van der Waals surface area contributed by atoms with Gasteiger partial charge in [-0.25, -0.2) is 14.2 Å². The molecule has 1 heterocycles. The van der Waals surface area contributed by atoms with Gasteiger partial charge in [0, 0.05) is 17.0 Å². The minimum atomic E-state index is -0.492. The van der Waals surface area contributed by atoms with Gasteiger partial charge in [0.05, 0.1) is 17.3 Å². The van der Waals surface area contributed by atoms with Crippen LogP contribution < -0.4 is 0 Å². The maximum atomic E-state index is 13.7. The van der Waals surface area contributed by atoms with Crippen molar-refractivity contribution in [3.63, 3.8) is 0 Å². The third-order valence-corrected chi connectivity index (χ3v) is 6.02. The van der Waals surface area contributed by atoms with E-state index in [1.54, 1.807) is 31.2 Å². The van der Waals surface area contributed by atoms with Crippen molar-refractivity contribution in [2.24, 2.45) is 0 Å².